The minimum atomic E-state index is -0.429. The van der Waals surface area contributed by atoms with E-state index in [0.717, 1.165) is 4.47 Å². The Morgan fingerprint density at radius 2 is 2.19 bits per heavy atom. The third kappa shape index (κ3) is 3.85. The number of carbonyl (C=O) groups excluding carboxylic acids is 1. The largest absolute Gasteiger partial charge is 0.369 e. The molecule has 0 atom stereocenters. The van der Waals surface area contributed by atoms with Crippen molar-refractivity contribution in [2.75, 3.05) is 5.75 Å². The first kappa shape index (κ1) is 16.0. The summed E-state index contributed by atoms with van der Waals surface area (Å²) in [5.74, 6) is -0.0321. The Labute approximate surface area is 135 Å². The summed E-state index contributed by atoms with van der Waals surface area (Å²) in [7, 11) is 0. The van der Waals surface area contributed by atoms with Gasteiger partial charge in [-0.1, -0.05) is 41.5 Å². The van der Waals surface area contributed by atoms with E-state index >= 15 is 0 Å². The van der Waals surface area contributed by atoms with Crippen LogP contribution in [0.3, 0.4) is 0 Å². The van der Waals surface area contributed by atoms with Crippen LogP contribution in [0.4, 0.5) is 0 Å². The van der Waals surface area contributed by atoms with E-state index in [1.54, 1.807) is 16.7 Å². The molecule has 21 heavy (non-hydrogen) atoms. The molecule has 0 fully saturated rings. The number of nitrogens with zero attached hydrogens (tertiary/aromatic N) is 2. The van der Waals surface area contributed by atoms with Crippen molar-refractivity contribution < 1.29 is 4.79 Å². The molecule has 0 aliphatic rings. The first-order valence-corrected chi connectivity index (χ1v) is 8.27. The second kappa shape index (κ2) is 6.62. The summed E-state index contributed by atoms with van der Waals surface area (Å²) in [5.41, 5.74) is 5.71. The number of benzene rings is 1. The smallest absolute Gasteiger partial charge is 0.262 e. The summed E-state index contributed by atoms with van der Waals surface area (Å²) in [6.07, 6.45) is 0. The van der Waals surface area contributed by atoms with E-state index in [0.29, 0.717) is 28.5 Å². The van der Waals surface area contributed by atoms with Gasteiger partial charge < -0.3 is 5.73 Å². The van der Waals surface area contributed by atoms with Crippen molar-refractivity contribution in [2.24, 2.45) is 11.7 Å². The summed E-state index contributed by atoms with van der Waals surface area (Å²) in [6, 6.07) is 5.39. The molecule has 1 aromatic heterocycles. The Morgan fingerprint density at radius 3 is 2.81 bits per heavy atom. The molecule has 0 spiro atoms. The Morgan fingerprint density at radius 1 is 1.48 bits per heavy atom. The maximum atomic E-state index is 12.7. The number of amides is 1. The van der Waals surface area contributed by atoms with Crippen LogP contribution < -0.4 is 11.3 Å². The van der Waals surface area contributed by atoms with Gasteiger partial charge in [0.25, 0.3) is 5.56 Å². The van der Waals surface area contributed by atoms with Crippen LogP contribution in [0, 0.1) is 5.92 Å². The Bertz CT molecular complexity index is 743. The summed E-state index contributed by atoms with van der Waals surface area (Å²) < 4.78 is 2.45. The number of fused-ring (bicyclic) bond motifs is 1. The topological polar surface area (TPSA) is 78.0 Å². The number of primary amides is 1. The Kier molecular flexibility index (Phi) is 5.05. The lowest BCUT2D eigenvalue weighted by Crippen LogP contribution is -2.26. The van der Waals surface area contributed by atoms with Crippen molar-refractivity contribution in [3.63, 3.8) is 0 Å². The molecule has 0 radical (unpaired) electrons. The molecule has 1 aromatic carbocycles. The highest BCUT2D eigenvalue weighted by molar-refractivity contribution is 9.10. The van der Waals surface area contributed by atoms with Gasteiger partial charge in [-0.3, -0.25) is 14.2 Å². The van der Waals surface area contributed by atoms with E-state index in [1.165, 1.54) is 11.8 Å². The minimum absolute atomic E-state index is 0.0954. The van der Waals surface area contributed by atoms with Crippen molar-refractivity contribution in [3.05, 3.63) is 33.0 Å². The van der Waals surface area contributed by atoms with Gasteiger partial charge in [0.1, 0.15) is 0 Å². The molecule has 0 unspecified atom stereocenters. The zero-order valence-electron chi connectivity index (χ0n) is 11.8. The molecule has 0 bridgehead atoms. The molecular weight excluding hydrogens is 354 g/mol. The van der Waals surface area contributed by atoms with Crippen LogP contribution in [-0.2, 0) is 11.3 Å². The number of rotatable bonds is 5. The SMILES string of the molecule is CC(C)Cn1c(SCC(N)=O)nc2ccc(Br)cc2c1=O. The normalized spacial score (nSPS) is 11.2. The molecule has 0 aliphatic carbocycles. The lowest BCUT2D eigenvalue weighted by atomic mass is 10.2. The molecule has 5 nitrogen and oxygen atoms in total. The monoisotopic (exact) mass is 369 g/mol. The van der Waals surface area contributed by atoms with E-state index in [4.69, 9.17) is 5.73 Å². The van der Waals surface area contributed by atoms with Gasteiger partial charge in [0.05, 0.1) is 16.7 Å². The molecule has 2 N–H and O–H groups in total. The van der Waals surface area contributed by atoms with Gasteiger partial charge in [-0.25, -0.2) is 4.98 Å². The highest BCUT2D eigenvalue weighted by Crippen LogP contribution is 2.21. The van der Waals surface area contributed by atoms with E-state index in [2.05, 4.69) is 20.9 Å². The van der Waals surface area contributed by atoms with Crippen LogP contribution in [0.1, 0.15) is 13.8 Å². The summed E-state index contributed by atoms with van der Waals surface area (Å²) in [4.78, 5) is 28.1. The van der Waals surface area contributed by atoms with Crippen molar-refractivity contribution in [1.82, 2.24) is 9.55 Å². The van der Waals surface area contributed by atoms with Crippen LogP contribution in [-0.4, -0.2) is 21.2 Å². The maximum Gasteiger partial charge on any atom is 0.262 e. The van der Waals surface area contributed by atoms with Gasteiger partial charge in [0.2, 0.25) is 5.91 Å². The van der Waals surface area contributed by atoms with Crippen LogP contribution in [0.2, 0.25) is 0 Å². The van der Waals surface area contributed by atoms with Crippen molar-refractivity contribution in [1.29, 1.82) is 0 Å². The lowest BCUT2D eigenvalue weighted by Gasteiger charge is -2.14. The standard InChI is InChI=1S/C14H16BrN3O2S/c1-8(2)6-18-13(20)10-5-9(15)3-4-11(10)17-14(18)21-7-12(16)19/h3-5,8H,6-7H2,1-2H3,(H2,16,19). The second-order valence-electron chi connectivity index (χ2n) is 5.12. The van der Waals surface area contributed by atoms with Gasteiger partial charge in [-0.15, -0.1) is 0 Å². The molecule has 2 rings (SSSR count). The fourth-order valence-electron chi connectivity index (χ4n) is 1.94. The second-order valence-corrected chi connectivity index (χ2v) is 6.98. The number of halogens is 1. The Hall–Kier alpha value is -1.34. The van der Waals surface area contributed by atoms with Gasteiger partial charge >= 0.3 is 0 Å². The lowest BCUT2D eigenvalue weighted by molar-refractivity contribution is -0.115. The van der Waals surface area contributed by atoms with Gasteiger partial charge in [-0.2, -0.15) is 0 Å². The quantitative estimate of drug-likeness (QED) is 0.648. The van der Waals surface area contributed by atoms with Crippen LogP contribution in [0.5, 0.6) is 0 Å². The van der Waals surface area contributed by atoms with Crippen LogP contribution in [0.25, 0.3) is 10.9 Å². The van der Waals surface area contributed by atoms with Crippen molar-refractivity contribution in [2.45, 2.75) is 25.5 Å². The third-order valence-corrected chi connectivity index (χ3v) is 4.26. The first-order chi connectivity index (χ1) is 9.88. The predicted octanol–water partition coefficient (Wildman–Crippen LogP) is 2.39. The number of nitrogens with two attached hydrogens (primary N) is 1. The van der Waals surface area contributed by atoms with E-state index < -0.39 is 5.91 Å². The average molecular weight is 370 g/mol. The molecular formula is C14H16BrN3O2S. The fourth-order valence-corrected chi connectivity index (χ4v) is 3.05. The predicted molar refractivity (Wildman–Crippen MR) is 88.5 cm³/mol. The van der Waals surface area contributed by atoms with Gasteiger partial charge in [-0.05, 0) is 24.1 Å². The molecule has 2 aromatic rings. The van der Waals surface area contributed by atoms with Crippen molar-refractivity contribution >= 4 is 44.5 Å². The number of thioether (sulfide) groups is 1. The number of hydrogen-bond acceptors (Lipinski definition) is 4. The van der Waals surface area contributed by atoms with E-state index in [1.807, 2.05) is 19.9 Å². The minimum Gasteiger partial charge on any atom is -0.369 e. The van der Waals surface area contributed by atoms with Gasteiger partial charge in [0.15, 0.2) is 5.16 Å². The van der Waals surface area contributed by atoms with Crippen molar-refractivity contribution in [3.8, 4) is 0 Å². The summed E-state index contributed by atoms with van der Waals surface area (Å²) in [5, 5.41) is 1.09. The summed E-state index contributed by atoms with van der Waals surface area (Å²) in [6.45, 7) is 4.61. The van der Waals surface area contributed by atoms with Gasteiger partial charge in [0, 0.05) is 11.0 Å². The summed E-state index contributed by atoms with van der Waals surface area (Å²) >= 11 is 4.56. The highest BCUT2D eigenvalue weighted by atomic mass is 79.9. The number of hydrogen-bond donors (Lipinski definition) is 1. The molecule has 0 saturated heterocycles. The zero-order chi connectivity index (χ0) is 15.6. The average Bonchev–Trinajstić information content (AvgIpc) is 2.40. The van der Waals surface area contributed by atoms with E-state index in [-0.39, 0.29) is 11.3 Å². The number of carbonyl (C=O) groups is 1. The maximum absolute atomic E-state index is 12.7. The first-order valence-electron chi connectivity index (χ1n) is 6.49. The molecule has 7 heteroatoms. The molecule has 1 heterocycles. The highest BCUT2D eigenvalue weighted by Gasteiger charge is 2.13. The third-order valence-electron chi connectivity index (χ3n) is 2.77. The molecule has 0 aliphatic heterocycles. The molecule has 112 valence electrons. The van der Waals surface area contributed by atoms with Crippen LogP contribution >= 0.6 is 27.7 Å². The molecule has 0 saturated carbocycles. The van der Waals surface area contributed by atoms with E-state index in [9.17, 15) is 9.59 Å². The zero-order valence-corrected chi connectivity index (χ0v) is 14.2. The van der Waals surface area contributed by atoms with Crippen LogP contribution in [0.15, 0.2) is 32.6 Å². The molecule has 1 amide bonds. The number of aromatic nitrogens is 2. The Balaban J connectivity index is 2.61. The fraction of sp³-hybridized carbons (Fsp3) is 0.357.